The molecular formula is C12H21ClN2O. The van der Waals surface area contributed by atoms with Crippen molar-refractivity contribution in [1.29, 1.82) is 0 Å². The number of aromatic nitrogens is 2. The smallest absolute Gasteiger partial charge is 0.107 e. The van der Waals surface area contributed by atoms with Crippen molar-refractivity contribution in [2.45, 2.75) is 59.3 Å². The molecule has 0 aliphatic heterocycles. The van der Waals surface area contributed by atoms with E-state index in [1.165, 1.54) is 0 Å². The highest BCUT2D eigenvalue weighted by atomic mass is 35.5. The molecule has 0 amide bonds. The zero-order chi connectivity index (χ0) is 12.0. The average Bonchev–Trinajstić information content (AvgIpc) is 2.64. The molecule has 1 aromatic heterocycles. The Morgan fingerprint density at radius 2 is 2.25 bits per heavy atom. The minimum absolute atomic E-state index is 0.261. The normalized spacial score (nSPS) is 13.0. The van der Waals surface area contributed by atoms with Crippen LogP contribution in [0.25, 0.3) is 0 Å². The van der Waals surface area contributed by atoms with E-state index in [0.717, 1.165) is 31.5 Å². The summed E-state index contributed by atoms with van der Waals surface area (Å²) >= 11 is 6.09. The van der Waals surface area contributed by atoms with Crippen molar-refractivity contribution in [3.05, 3.63) is 16.9 Å². The van der Waals surface area contributed by atoms with E-state index >= 15 is 0 Å². The molecule has 1 rings (SSSR count). The average molecular weight is 245 g/mol. The molecule has 4 heteroatoms. The van der Waals surface area contributed by atoms with Gasteiger partial charge in [0.1, 0.15) is 5.69 Å². The van der Waals surface area contributed by atoms with Crippen LogP contribution in [-0.2, 0) is 17.9 Å². The lowest BCUT2D eigenvalue weighted by molar-refractivity contribution is 0.0486. The molecule has 0 aromatic carbocycles. The molecule has 0 bridgehead atoms. The first kappa shape index (κ1) is 13.5. The first-order chi connectivity index (χ1) is 7.67. The summed E-state index contributed by atoms with van der Waals surface area (Å²) in [6, 6.07) is 0. The molecule has 3 nitrogen and oxygen atoms in total. The third kappa shape index (κ3) is 4.14. The van der Waals surface area contributed by atoms with Gasteiger partial charge in [-0.3, -0.25) is 4.68 Å². The van der Waals surface area contributed by atoms with Gasteiger partial charge < -0.3 is 4.74 Å². The molecule has 0 unspecified atom stereocenters. The molecule has 92 valence electrons. The molecule has 1 aromatic rings. The highest BCUT2D eigenvalue weighted by molar-refractivity contribution is 6.31. The first-order valence-corrected chi connectivity index (χ1v) is 6.38. The number of nitrogens with zero attached hydrogens (tertiary/aromatic N) is 2. The minimum Gasteiger partial charge on any atom is -0.372 e. The van der Waals surface area contributed by atoms with Crippen LogP contribution in [0.15, 0.2) is 6.20 Å². The third-order valence-electron chi connectivity index (χ3n) is 2.61. The number of rotatable bonds is 7. The van der Waals surface area contributed by atoms with Gasteiger partial charge in [-0.1, -0.05) is 31.9 Å². The van der Waals surface area contributed by atoms with Gasteiger partial charge in [-0.15, -0.1) is 0 Å². The summed E-state index contributed by atoms with van der Waals surface area (Å²) in [4.78, 5) is 0. The second kappa shape index (κ2) is 6.92. The summed E-state index contributed by atoms with van der Waals surface area (Å²) in [7, 11) is 0. The second-order valence-corrected chi connectivity index (χ2v) is 4.48. The van der Waals surface area contributed by atoms with Crippen molar-refractivity contribution in [1.82, 2.24) is 9.78 Å². The Labute approximate surface area is 103 Å². The topological polar surface area (TPSA) is 27.1 Å². The second-order valence-electron chi connectivity index (χ2n) is 4.07. The predicted molar refractivity (Wildman–Crippen MR) is 66.7 cm³/mol. The van der Waals surface area contributed by atoms with Crippen molar-refractivity contribution < 1.29 is 4.74 Å². The van der Waals surface area contributed by atoms with Gasteiger partial charge in [-0.05, 0) is 19.8 Å². The van der Waals surface area contributed by atoms with Crippen molar-refractivity contribution in [2.24, 2.45) is 0 Å². The molecule has 16 heavy (non-hydrogen) atoms. The van der Waals surface area contributed by atoms with Crippen LogP contribution < -0.4 is 0 Å². The molecule has 0 N–H and O–H groups in total. The molecule has 0 spiro atoms. The van der Waals surface area contributed by atoms with Crippen LogP contribution in [0, 0.1) is 0 Å². The summed E-state index contributed by atoms with van der Waals surface area (Å²) < 4.78 is 7.52. The lowest BCUT2D eigenvalue weighted by Gasteiger charge is -2.08. The highest BCUT2D eigenvalue weighted by Crippen LogP contribution is 2.16. The maximum Gasteiger partial charge on any atom is 0.107 e. The standard InChI is InChI=1S/C12H21ClN2O/c1-4-6-7-15-8-11(13)12(14-15)9-16-10(3)5-2/h8,10H,4-7,9H2,1-3H3/t10-/m0/s1. The van der Waals surface area contributed by atoms with Crippen molar-refractivity contribution >= 4 is 11.6 Å². The van der Waals surface area contributed by atoms with Crippen molar-refractivity contribution in [3.63, 3.8) is 0 Å². The molecule has 0 fully saturated rings. The van der Waals surface area contributed by atoms with Gasteiger partial charge in [-0.2, -0.15) is 5.10 Å². The zero-order valence-corrected chi connectivity index (χ0v) is 11.1. The number of unbranched alkanes of at least 4 members (excludes halogenated alkanes) is 1. The number of halogens is 1. The Morgan fingerprint density at radius 3 is 2.88 bits per heavy atom. The van der Waals surface area contributed by atoms with E-state index in [-0.39, 0.29) is 6.10 Å². The van der Waals surface area contributed by atoms with E-state index in [1.807, 2.05) is 10.9 Å². The summed E-state index contributed by atoms with van der Waals surface area (Å²) in [6.07, 6.45) is 5.44. The van der Waals surface area contributed by atoms with E-state index in [2.05, 4.69) is 25.9 Å². The van der Waals surface area contributed by atoms with E-state index in [1.54, 1.807) is 0 Å². The molecule has 0 saturated carbocycles. The SMILES string of the molecule is CCCCn1cc(Cl)c(CO[C@@H](C)CC)n1. The fourth-order valence-electron chi connectivity index (χ4n) is 1.31. The van der Waals surface area contributed by atoms with E-state index in [0.29, 0.717) is 11.6 Å². The van der Waals surface area contributed by atoms with Crippen LogP contribution in [0.5, 0.6) is 0 Å². The van der Waals surface area contributed by atoms with Crippen LogP contribution in [0.1, 0.15) is 45.7 Å². The van der Waals surface area contributed by atoms with Gasteiger partial charge >= 0.3 is 0 Å². The van der Waals surface area contributed by atoms with Gasteiger partial charge in [0.25, 0.3) is 0 Å². The monoisotopic (exact) mass is 244 g/mol. The van der Waals surface area contributed by atoms with Crippen LogP contribution in [0.4, 0.5) is 0 Å². The van der Waals surface area contributed by atoms with Crippen LogP contribution in [0.3, 0.4) is 0 Å². The molecule has 0 aliphatic carbocycles. The molecule has 0 saturated heterocycles. The lowest BCUT2D eigenvalue weighted by Crippen LogP contribution is -2.07. The number of ether oxygens (including phenoxy) is 1. The van der Waals surface area contributed by atoms with E-state index in [4.69, 9.17) is 16.3 Å². The predicted octanol–water partition coefficient (Wildman–Crippen LogP) is 3.65. The van der Waals surface area contributed by atoms with Gasteiger partial charge in [-0.25, -0.2) is 0 Å². The third-order valence-corrected chi connectivity index (χ3v) is 2.92. The Kier molecular flexibility index (Phi) is 5.85. The minimum atomic E-state index is 0.261. The van der Waals surface area contributed by atoms with Crippen molar-refractivity contribution in [2.75, 3.05) is 0 Å². The molecule has 1 heterocycles. The number of hydrogen-bond acceptors (Lipinski definition) is 2. The van der Waals surface area contributed by atoms with Gasteiger partial charge in [0.15, 0.2) is 0 Å². The van der Waals surface area contributed by atoms with E-state index < -0.39 is 0 Å². The molecular weight excluding hydrogens is 224 g/mol. The Bertz CT molecular complexity index is 312. The summed E-state index contributed by atoms with van der Waals surface area (Å²) in [5.74, 6) is 0. The highest BCUT2D eigenvalue weighted by Gasteiger charge is 2.08. The van der Waals surface area contributed by atoms with Crippen LogP contribution in [0.2, 0.25) is 5.02 Å². The summed E-state index contributed by atoms with van der Waals surface area (Å²) in [5, 5.41) is 5.12. The Balaban J connectivity index is 2.49. The maximum absolute atomic E-state index is 6.09. The summed E-state index contributed by atoms with van der Waals surface area (Å²) in [5.41, 5.74) is 0.845. The lowest BCUT2D eigenvalue weighted by atomic mass is 10.3. The molecule has 0 aliphatic rings. The van der Waals surface area contributed by atoms with Crippen LogP contribution in [-0.4, -0.2) is 15.9 Å². The Morgan fingerprint density at radius 1 is 1.50 bits per heavy atom. The number of aryl methyl sites for hydroxylation is 1. The Hall–Kier alpha value is -0.540. The van der Waals surface area contributed by atoms with Gasteiger partial charge in [0.2, 0.25) is 0 Å². The fourth-order valence-corrected chi connectivity index (χ4v) is 1.51. The quantitative estimate of drug-likeness (QED) is 0.732. The van der Waals surface area contributed by atoms with Crippen molar-refractivity contribution in [3.8, 4) is 0 Å². The van der Waals surface area contributed by atoms with Gasteiger partial charge in [0.05, 0.1) is 17.7 Å². The zero-order valence-electron chi connectivity index (χ0n) is 10.4. The van der Waals surface area contributed by atoms with E-state index in [9.17, 15) is 0 Å². The number of hydrogen-bond donors (Lipinski definition) is 0. The first-order valence-electron chi connectivity index (χ1n) is 6.00. The van der Waals surface area contributed by atoms with Gasteiger partial charge in [0, 0.05) is 12.7 Å². The largest absolute Gasteiger partial charge is 0.372 e. The van der Waals surface area contributed by atoms with Crippen LogP contribution >= 0.6 is 11.6 Å². The summed E-state index contributed by atoms with van der Waals surface area (Å²) in [6.45, 7) is 7.76. The molecule has 0 radical (unpaired) electrons. The fraction of sp³-hybridized carbons (Fsp3) is 0.750. The molecule has 1 atom stereocenters. The maximum atomic E-state index is 6.09.